The van der Waals surface area contributed by atoms with Crippen LogP contribution in [0.3, 0.4) is 0 Å². The fourth-order valence-electron chi connectivity index (χ4n) is 1.63. The number of nitrogens with zero attached hydrogens (tertiary/aromatic N) is 1. The van der Waals surface area contributed by atoms with E-state index in [2.05, 4.69) is 0 Å². The van der Waals surface area contributed by atoms with Gasteiger partial charge >= 0.3 is 0 Å². The topological polar surface area (TPSA) is 54.0 Å². The highest BCUT2D eigenvalue weighted by Crippen LogP contribution is 2.33. The molecule has 0 saturated carbocycles. The Morgan fingerprint density at radius 2 is 1.79 bits per heavy atom. The van der Waals surface area contributed by atoms with Crippen molar-refractivity contribution in [3.05, 3.63) is 56.9 Å². The second kappa shape index (κ2) is 5.66. The van der Waals surface area contributed by atoms with E-state index in [4.69, 9.17) is 39.2 Å². The van der Waals surface area contributed by atoms with Gasteiger partial charge in [0.25, 0.3) is 0 Å². The summed E-state index contributed by atoms with van der Waals surface area (Å²) in [6.45, 7) is 0. The lowest BCUT2D eigenvalue weighted by atomic mass is 9.94. The highest BCUT2D eigenvalue weighted by molar-refractivity contribution is 6.36. The number of hydrogen-bond donors (Lipinski definition) is 0. The Morgan fingerprint density at radius 1 is 1.16 bits per heavy atom. The first kappa shape index (κ1) is 14.0. The number of carbonyl (C=O) groups excluding carboxylic acids is 1. The summed E-state index contributed by atoms with van der Waals surface area (Å²) in [5, 5.41) is 9.79. The minimum Gasteiger partial charge on any atom is -0.442 e. The Morgan fingerprint density at radius 3 is 2.26 bits per heavy atom. The predicted molar refractivity (Wildman–Crippen MR) is 72.9 cm³/mol. The first-order valence-electron chi connectivity index (χ1n) is 5.17. The van der Waals surface area contributed by atoms with Crippen molar-refractivity contribution < 1.29 is 9.21 Å². The first-order chi connectivity index (χ1) is 9.04. The Labute approximate surface area is 124 Å². The van der Waals surface area contributed by atoms with Crippen LogP contribution in [-0.2, 0) is 0 Å². The lowest BCUT2D eigenvalue weighted by Crippen LogP contribution is -2.11. The summed E-state index contributed by atoms with van der Waals surface area (Å²) in [5.41, 5.74) is 0.269. The average molecular weight is 315 g/mol. The quantitative estimate of drug-likeness (QED) is 0.770. The molecule has 0 radical (unpaired) electrons. The molecule has 0 spiro atoms. The smallest absolute Gasteiger partial charge is 0.219 e. The van der Waals surface area contributed by atoms with Crippen molar-refractivity contribution in [1.82, 2.24) is 0 Å². The summed E-state index contributed by atoms with van der Waals surface area (Å²) in [6.07, 6.45) is 0. The van der Waals surface area contributed by atoms with Crippen LogP contribution in [0.1, 0.15) is 22.0 Å². The van der Waals surface area contributed by atoms with Gasteiger partial charge in [0.05, 0.1) is 6.07 Å². The second-order valence-corrected chi connectivity index (χ2v) is 4.85. The fourth-order valence-corrected chi connectivity index (χ4v) is 2.39. The molecule has 1 unspecified atom stereocenters. The SMILES string of the molecule is N#CC(C(=O)c1ccc(Cl)o1)c1c(Cl)cccc1Cl. The summed E-state index contributed by atoms with van der Waals surface area (Å²) < 4.78 is 5.01. The molecule has 2 aromatic rings. The van der Waals surface area contributed by atoms with Gasteiger partial charge in [0.15, 0.2) is 11.0 Å². The van der Waals surface area contributed by atoms with E-state index in [1.807, 2.05) is 6.07 Å². The van der Waals surface area contributed by atoms with Gasteiger partial charge in [-0.1, -0.05) is 29.3 Å². The van der Waals surface area contributed by atoms with E-state index in [0.717, 1.165) is 0 Å². The molecule has 0 aliphatic rings. The first-order valence-corrected chi connectivity index (χ1v) is 6.31. The average Bonchev–Trinajstić information content (AvgIpc) is 2.80. The van der Waals surface area contributed by atoms with Crippen molar-refractivity contribution in [3.8, 4) is 6.07 Å². The van der Waals surface area contributed by atoms with Crippen molar-refractivity contribution >= 4 is 40.6 Å². The third-order valence-electron chi connectivity index (χ3n) is 2.50. The zero-order valence-electron chi connectivity index (χ0n) is 9.36. The van der Waals surface area contributed by atoms with E-state index < -0.39 is 11.7 Å². The van der Waals surface area contributed by atoms with Crippen molar-refractivity contribution in [2.24, 2.45) is 0 Å². The maximum atomic E-state index is 12.2. The van der Waals surface area contributed by atoms with E-state index in [1.54, 1.807) is 18.2 Å². The van der Waals surface area contributed by atoms with Gasteiger partial charge in [-0.15, -0.1) is 0 Å². The molecule has 6 heteroatoms. The normalized spacial score (nSPS) is 11.9. The van der Waals surface area contributed by atoms with Gasteiger partial charge in [0.1, 0.15) is 5.92 Å². The number of halogens is 3. The number of furan rings is 1. The van der Waals surface area contributed by atoms with Gasteiger partial charge in [0.2, 0.25) is 5.78 Å². The molecule has 1 aromatic heterocycles. The molecule has 0 aliphatic heterocycles. The number of hydrogen-bond acceptors (Lipinski definition) is 3. The predicted octanol–water partition coefficient (Wildman–Crippen LogP) is 4.73. The van der Waals surface area contributed by atoms with Gasteiger partial charge in [-0.3, -0.25) is 4.79 Å². The summed E-state index contributed by atoms with van der Waals surface area (Å²) in [5.74, 6) is -1.68. The molecule has 19 heavy (non-hydrogen) atoms. The van der Waals surface area contributed by atoms with Crippen LogP contribution in [0.25, 0.3) is 0 Å². The molecular formula is C13H6Cl3NO2. The fraction of sp³-hybridized carbons (Fsp3) is 0.0769. The van der Waals surface area contributed by atoms with Crippen LogP contribution in [0.2, 0.25) is 15.3 Å². The molecule has 0 amide bonds. The van der Waals surface area contributed by atoms with Crippen molar-refractivity contribution in [3.63, 3.8) is 0 Å². The number of ketones is 1. The number of benzene rings is 1. The molecule has 1 heterocycles. The van der Waals surface area contributed by atoms with E-state index >= 15 is 0 Å². The van der Waals surface area contributed by atoms with Crippen LogP contribution in [-0.4, -0.2) is 5.78 Å². The van der Waals surface area contributed by atoms with Gasteiger partial charge in [-0.05, 0) is 35.9 Å². The van der Waals surface area contributed by atoms with Gasteiger partial charge < -0.3 is 4.42 Å². The molecule has 1 aromatic carbocycles. The van der Waals surface area contributed by atoms with Crippen molar-refractivity contribution in [2.45, 2.75) is 5.92 Å². The third kappa shape index (κ3) is 2.76. The molecule has 2 rings (SSSR count). The van der Waals surface area contributed by atoms with Crippen LogP contribution >= 0.6 is 34.8 Å². The van der Waals surface area contributed by atoms with Crippen LogP contribution < -0.4 is 0 Å². The maximum Gasteiger partial charge on any atom is 0.219 e. The van der Waals surface area contributed by atoms with Gasteiger partial charge in [-0.25, -0.2) is 0 Å². The zero-order chi connectivity index (χ0) is 14.0. The number of rotatable bonds is 3. The molecular weight excluding hydrogens is 309 g/mol. The molecule has 0 saturated heterocycles. The number of carbonyl (C=O) groups is 1. The van der Waals surface area contributed by atoms with E-state index in [1.165, 1.54) is 12.1 Å². The van der Waals surface area contributed by atoms with Crippen LogP contribution in [0, 0.1) is 11.3 Å². The van der Waals surface area contributed by atoms with Crippen LogP contribution in [0.5, 0.6) is 0 Å². The van der Waals surface area contributed by atoms with Crippen molar-refractivity contribution in [1.29, 1.82) is 5.26 Å². The Kier molecular flexibility index (Phi) is 4.16. The molecule has 0 fully saturated rings. The highest BCUT2D eigenvalue weighted by atomic mass is 35.5. The van der Waals surface area contributed by atoms with E-state index in [9.17, 15) is 10.1 Å². The highest BCUT2D eigenvalue weighted by Gasteiger charge is 2.28. The zero-order valence-corrected chi connectivity index (χ0v) is 11.6. The summed E-state index contributed by atoms with van der Waals surface area (Å²) in [6, 6.07) is 9.48. The lowest BCUT2D eigenvalue weighted by Gasteiger charge is -2.10. The molecule has 96 valence electrons. The number of nitriles is 1. The maximum absolute atomic E-state index is 12.2. The largest absolute Gasteiger partial charge is 0.442 e. The summed E-state index contributed by atoms with van der Waals surface area (Å²) >= 11 is 17.6. The summed E-state index contributed by atoms with van der Waals surface area (Å²) in [7, 11) is 0. The number of Topliss-reactive ketones (excluding diaryl/α,β-unsaturated/α-hetero) is 1. The molecule has 0 bridgehead atoms. The van der Waals surface area contributed by atoms with E-state index in [0.29, 0.717) is 0 Å². The van der Waals surface area contributed by atoms with Crippen LogP contribution in [0.4, 0.5) is 0 Å². The molecule has 0 N–H and O–H groups in total. The standard InChI is InChI=1S/C13H6Cl3NO2/c14-8-2-1-3-9(15)12(8)7(6-17)13(18)10-4-5-11(16)19-10/h1-5,7H. The third-order valence-corrected chi connectivity index (χ3v) is 3.36. The van der Waals surface area contributed by atoms with Gasteiger partial charge in [0, 0.05) is 15.6 Å². The van der Waals surface area contributed by atoms with Crippen molar-refractivity contribution in [2.75, 3.05) is 0 Å². The minimum absolute atomic E-state index is 0.00691. The lowest BCUT2D eigenvalue weighted by molar-refractivity contribution is 0.0952. The molecule has 3 nitrogen and oxygen atoms in total. The van der Waals surface area contributed by atoms with Crippen LogP contribution in [0.15, 0.2) is 34.7 Å². The molecule has 0 aliphatic carbocycles. The monoisotopic (exact) mass is 313 g/mol. The minimum atomic E-state index is -1.14. The van der Waals surface area contributed by atoms with E-state index in [-0.39, 0.29) is 26.6 Å². The Hall–Kier alpha value is -1.47. The Bertz CT molecular complexity index is 653. The van der Waals surface area contributed by atoms with Gasteiger partial charge in [-0.2, -0.15) is 5.26 Å². The summed E-state index contributed by atoms with van der Waals surface area (Å²) in [4.78, 5) is 12.2. The molecule has 1 atom stereocenters. The second-order valence-electron chi connectivity index (χ2n) is 3.67. The Balaban J connectivity index is 2.47.